The third kappa shape index (κ3) is 5.48. The van der Waals surface area contributed by atoms with Gasteiger partial charge in [0.1, 0.15) is 18.5 Å². The third-order valence-corrected chi connectivity index (χ3v) is 3.63. The van der Waals surface area contributed by atoms with Gasteiger partial charge in [-0.25, -0.2) is 0 Å². The molecule has 0 spiro atoms. The minimum Gasteiger partial charge on any atom is -0.491 e. The molecule has 2 rings (SSSR count). The predicted octanol–water partition coefficient (Wildman–Crippen LogP) is 1.55. The Morgan fingerprint density at radius 1 is 1.32 bits per heavy atom. The van der Waals surface area contributed by atoms with Crippen molar-refractivity contribution < 1.29 is 14.9 Å². The van der Waals surface area contributed by atoms with Crippen LogP contribution in [0.25, 0.3) is 0 Å². The van der Waals surface area contributed by atoms with Gasteiger partial charge in [-0.2, -0.15) is 0 Å². The second-order valence-electron chi connectivity index (χ2n) is 4.99. The minimum atomic E-state index is -0.578. The molecular weight excluding hydrogens is 310 g/mol. The second-order valence-corrected chi connectivity index (χ2v) is 5.90. The number of hydrogen-bond acceptors (Lipinski definition) is 4. The average molecular weight is 330 g/mol. The van der Waals surface area contributed by atoms with Gasteiger partial charge in [-0.1, -0.05) is 22.0 Å². The van der Waals surface area contributed by atoms with Crippen molar-refractivity contribution in [1.82, 2.24) is 5.32 Å². The van der Waals surface area contributed by atoms with Gasteiger partial charge in [-0.3, -0.25) is 0 Å². The molecule has 0 aliphatic heterocycles. The van der Waals surface area contributed by atoms with Crippen molar-refractivity contribution in [1.29, 1.82) is 0 Å². The van der Waals surface area contributed by atoms with E-state index in [1.165, 1.54) is 0 Å². The standard InChI is InChI=1S/C14H20BrNO3/c15-11-2-1-3-13(6-11)19-9-12(17)7-16-8-14(18)10-4-5-10/h1-3,6,10,12,14,16-18H,4-5,7-9H2. The molecule has 1 aromatic carbocycles. The zero-order chi connectivity index (χ0) is 13.7. The summed E-state index contributed by atoms with van der Waals surface area (Å²) in [7, 11) is 0. The first-order valence-corrected chi connectivity index (χ1v) is 7.39. The van der Waals surface area contributed by atoms with E-state index in [1.54, 1.807) is 0 Å². The SMILES string of the molecule is OC(CNCC(O)C1CC1)COc1cccc(Br)c1. The van der Waals surface area contributed by atoms with Crippen molar-refractivity contribution in [2.24, 2.45) is 5.92 Å². The van der Waals surface area contributed by atoms with Crippen LogP contribution in [-0.4, -0.2) is 42.1 Å². The zero-order valence-corrected chi connectivity index (χ0v) is 12.3. The van der Waals surface area contributed by atoms with E-state index in [2.05, 4.69) is 21.2 Å². The van der Waals surface area contributed by atoms with Crippen LogP contribution in [0.15, 0.2) is 28.7 Å². The van der Waals surface area contributed by atoms with E-state index in [4.69, 9.17) is 4.74 Å². The first-order chi connectivity index (χ1) is 9.15. The molecule has 2 atom stereocenters. The number of benzene rings is 1. The Kier molecular flexibility index (Phi) is 5.63. The Labute approximate surface area is 121 Å². The molecular formula is C14H20BrNO3. The van der Waals surface area contributed by atoms with E-state index in [-0.39, 0.29) is 12.7 Å². The van der Waals surface area contributed by atoms with Gasteiger partial charge in [0.2, 0.25) is 0 Å². The van der Waals surface area contributed by atoms with E-state index in [0.717, 1.165) is 23.1 Å². The monoisotopic (exact) mass is 329 g/mol. The molecule has 0 aromatic heterocycles. The summed E-state index contributed by atoms with van der Waals surface area (Å²) in [6.45, 7) is 1.21. The van der Waals surface area contributed by atoms with E-state index >= 15 is 0 Å². The fourth-order valence-corrected chi connectivity index (χ4v) is 2.23. The van der Waals surface area contributed by atoms with Crippen LogP contribution >= 0.6 is 15.9 Å². The van der Waals surface area contributed by atoms with Crippen LogP contribution in [0, 0.1) is 5.92 Å². The first-order valence-electron chi connectivity index (χ1n) is 6.60. The Balaban J connectivity index is 1.60. The highest BCUT2D eigenvalue weighted by atomic mass is 79.9. The maximum atomic E-state index is 9.77. The lowest BCUT2D eigenvalue weighted by Crippen LogP contribution is -2.36. The quantitative estimate of drug-likeness (QED) is 0.677. The molecule has 1 saturated carbocycles. The van der Waals surface area contributed by atoms with Gasteiger partial charge in [-0.05, 0) is 37.0 Å². The van der Waals surface area contributed by atoms with Gasteiger partial charge < -0.3 is 20.3 Å². The summed E-state index contributed by atoms with van der Waals surface area (Å²) in [5.41, 5.74) is 0. The van der Waals surface area contributed by atoms with Crippen molar-refractivity contribution in [2.45, 2.75) is 25.0 Å². The summed E-state index contributed by atoms with van der Waals surface area (Å²) in [6, 6.07) is 7.51. The number of halogens is 1. The van der Waals surface area contributed by atoms with Gasteiger partial charge in [0.05, 0.1) is 6.10 Å². The van der Waals surface area contributed by atoms with Crippen LogP contribution in [0.1, 0.15) is 12.8 Å². The fraction of sp³-hybridized carbons (Fsp3) is 0.571. The lowest BCUT2D eigenvalue weighted by Gasteiger charge is -2.15. The lowest BCUT2D eigenvalue weighted by atomic mass is 10.2. The molecule has 0 saturated heterocycles. The topological polar surface area (TPSA) is 61.7 Å². The van der Waals surface area contributed by atoms with E-state index < -0.39 is 6.10 Å². The smallest absolute Gasteiger partial charge is 0.120 e. The molecule has 1 aromatic rings. The summed E-state index contributed by atoms with van der Waals surface area (Å²) in [6.07, 6.45) is 1.39. The van der Waals surface area contributed by atoms with Gasteiger partial charge in [0.15, 0.2) is 0 Å². The predicted molar refractivity (Wildman–Crippen MR) is 77.2 cm³/mol. The number of rotatable bonds is 8. The Bertz CT molecular complexity index is 398. The van der Waals surface area contributed by atoms with E-state index in [9.17, 15) is 10.2 Å². The van der Waals surface area contributed by atoms with Crippen molar-refractivity contribution >= 4 is 15.9 Å². The zero-order valence-electron chi connectivity index (χ0n) is 10.8. The van der Waals surface area contributed by atoms with Gasteiger partial charge >= 0.3 is 0 Å². The first kappa shape index (κ1) is 14.8. The molecule has 1 fully saturated rings. The van der Waals surface area contributed by atoms with Gasteiger partial charge in [0.25, 0.3) is 0 Å². The molecule has 0 heterocycles. The van der Waals surface area contributed by atoms with Crippen LogP contribution in [-0.2, 0) is 0 Å². The third-order valence-electron chi connectivity index (χ3n) is 3.14. The minimum absolute atomic E-state index is 0.239. The molecule has 5 heteroatoms. The summed E-state index contributed by atoms with van der Waals surface area (Å²) in [5, 5.41) is 22.5. The van der Waals surface area contributed by atoms with Crippen LogP contribution in [0.2, 0.25) is 0 Å². The number of hydrogen-bond donors (Lipinski definition) is 3. The highest BCUT2D eigenvalue weighted by Gasteiger charge is 2.29. The second kappa shape index (κ2) is 7.24. The average Bonchev–Trinajstić information content (AvgIpc) is 3.20. The van der Waals surface area contributed by atoms with Crippen LogP contribution in [0.5, 0.6) is 5.75 Å². The Morgan fingerprint density at radius 2 is 2.11 bits per heavy atom. The highest BCUT2D eigenvalue weighted by molar-refractivity contribution is 9.10. The van der Waals surface area contributed by atoms with Crippen LogP contribution in [0.4, 0.5) is 0 Å². The van der Waals surface area contributed by atoms with E-state index in [1.807, 2.05) is 24.3 Å². The number of aliphatic hydroxyl groups is 2. The summed E-state index contributed by atoms with van der Waals surface area (Å²) in [5.74, 6) is 1.19. The highest BCUT2D eigenvalue weighted by Crippen LogP contribution is 2.32. The largest absolute Gasteiger partial charge is 0.491 e. The number of aliphatic hydroxyl groups excluding tert-OH is 2. The summed E-state index contributed by atoms with van der Waals surface area (Å²) in [4.78, 5) is 0. The molecule has 106 valence electrons. The number of ether oxygens (including phenoxy) is 1. The molecule has 0 amide bonds. The van der Waals surface area contributed by atoms with Gasteiger partial charge in [0, 0.05) is 17.6 Å². The molecule has 2 unspecified atom stereocenters. The number of nitrogens with one attached hydrogen (secondary N) is 1. The maximum Gasteiger partial charge on any atom is 0.120 e. The van der Waals surface area contributed by atoms with Crippen molar-refractivity contribution in [2.75, 3.05) is 19.7 Å². The fourth-order valence-electron chi connectivity index (χ4n) is 1.85. The Hall–Kier alpha value is -0.620. The molecule has 1 aliphatic carbocycles. The molecule has 3 N–H and O–H groups in total. The van der Waals surface area contributed by atoms with Crippen LogP contribution in [0.3, 0.4) is 0 Å². The molecule has 0 radical (unpaired) electrons. The molecule has 0 bridgehead atoms. The maximum absolute atomic E-state index is 9.77. The van der Waals surface area contributed by atoms with Crippen molar-refractivity contribution in [3.8, 4) is 5.75 Å². The van der Waals surface area contributed by atoms with Crippen molar-refractivity contribution in [3.05, 3.63) is 28.7 Å². The van der Waals surface area contributed by atoms with Gasteiger partial charge in [-0.15, -0.1) is 0 Å². The molecule has 4 nitrogen and oxygen atoms in total. The molecule has 19 heavy (non-hydrogen) atoms. The van der Waals surface area contributed by atoms with Crippen molar-refractivity contribution in [3.63, 3.8) is 0 Å². The normalized spacial score (nSPS) is 18.1. The van der Waals surface area contributed by atoms with E-state index in [0.29, 0.717) is 19.0 Å². The summed E-state index contributed by atoms with van der Waals surface area (Å²) >= 11 is 3.36. The summed E-state index contributed by atoms with van der Waals surface area (Å²) < 4.78 is 6.43. The Morgan fingerprint density at radius 3 is 2.79 bits per heavy atom. The van der Waals surface area contributed by atoms with Crippen LogP contribution < -0.4 is 10.1 Å². The molecule has 1 aliphatic rings. The lowest BCUT2D eigenvalue weighted by molar-refractivity contribution is 0.0966.